The maximum Gasteiger partial charge on any atom is 0.0716 e. The molecule has 4 aliphatic heterocycles. The van der Waals surface area contributed by atoms with Gasteiger partial charge in [-0.2, -0.15) is 0 Å². The van der Waals surface area contributed by atoms with Crippen LogP contribution in [0.25, 0.3) is 0 Å². The molecule has 136 valence electrons. The van der Waals surface area contributed by atoms with Gasteiger partial charge in [0, 0.05) is 4.24 Å². The third-order valence-corrected chi connectivity index (χ3v) is 15.6. The van der Waals surface area contributed by atoms with Crippen molar-refractivity contribution in [3.05, 3.63) is 69.0 Å². The molecule has 0 aromatic carbocycles. The van der Waals surface area contributed by atoms with Crippen molar-refractivity contribution in [1.29, 1.82) is 0 Å². The molecule has 0 bridgehead atoms. The monoisotopic (exact) mass is 524 g/mol. The lowest BCUT2D eigenvalue weighted by Crippen LogP contribution is -1.67. The molecule has 0 nitrogen and oxygen atoms in total. The lowest BCUT2D eigenvalue weighted by atomic mass is 10.6. The highest BCUT2D eigenvalue weighted by Crippen LogP contribution is 2.66. The van der Waals surface area contributed by atoms with E-state index in [4.69, 9.17) is 0 Å². The molecule has 0 unspecified atom stereocenters. The zero-order valence-corrected chi connectivity index (χ0v) is 21.7. The van der Waals surface area contributed by atoms with Crippen LogP contribution in [0.2, 0.25) is 0 Å². The van der Waals surface area contributed by atoms with Crippen LogP contribution in [-0.4, -0.2) is 12.5 Å². The number of thioether (sulfide) groups is 10. The summed E-state index contributed by atoms with van der Waals surface area (Å²) < 4.78 is 11.3. The number of hydrogen-bond donors (Lipinski definition) is 0. The van der Waals surface area contributed by atoms with Gasteiger partial charge in [0.2, 0.25) is 0 Å². The van der Waals surface area contributed by atoms with Crippen molar-refractivity contribution >= 4 is 118 Å². The minimum atomic E-state index is 1.35. The predicted molar refractivity (Wildman–Crippen MR) is 143 cm³/mol. The van der Waals surface area contributed by atoms with Gasteiger partial charge in [-0.1, -0.05) is 94.1 Å². The summed E-state index contributed by atoms with van der Waals surface area (Å²) in [4.78, 5) is 0. The van der Waals surface area contributed by atoms with E-state index in [1.54, 1.807) is 23.5 Å². The van der Waals surface area contributed by atoms with E-state index in [1.165, 1.54) is 33.9 Å². The maximum absolute atomic E-state index is 2.29. The Morgan fingerprint density at radius 1 is 0.577 bits per heavy atom. The normalized spacial score (nSPS) is 22.1. The molecule has 0 aromatic heterocycles. The lowest BCUT2D eigenvalue weighted by molar-refractivity contribution is 2.04. The zero-order valence-electron chi connectivity index (χ0n) is 13.5. The minimum Gasteiger partial charge on any atom is -0.121 e. The van der Waals surface area contributed by atoms with Gasteiger partial charge in [-0.3, -0.25) is 0 Å². The first-order valence-corrected chi connectivity index (χ1v) is 16.3. The molecule has 4 rings (SSSR count). The predicted octanol–water partition coefficient (Wildman–Crippen LogP) is 9.72. The van der Waals surface area contributed by atoms with Gasteiger partial charge in [0.25, 0.3) is 0 Å². The Kier molecular flexibility index (Phi) is 8.15. The number of allylic oxidation sites excluding steroid dienone is 4. The minimum absolute atomic E-state index is 1.35. The van der Waals surface area contributed by atoms with Crippen LogP contribution in [0, 0.1) is 0 Å². The second-order valence-corrected chi connectivity index (χ2v) is 16.5. The van der Waals surface area contributed by atoms with Crippen LogP contribution in [0.15, 0.2) is 69.0 Å². The summed E-state index contributed by atoms with van der Waals surface area (Å²) in [7, 11) is 0. The summed E-state index contributed by atoms with van der Waals surface area (Å²) in [5.74, 6) is 0. The molecule has 0 spiro atoms. The third-order valence-electron chi connectivity index (χ3n) is 3.00. The van der Waals surface area contributed by atoms with Crippen molar-refractivity contribution in [1.82, 2.24) is 0 Å². The van der Waals surface area contributed by atoms with Crippen LogP contribution >= 0.6 is 118 Å². The molecule has 0 amide bonds. The van der Waals surface area contributed by atoms with Crippen LogP contribution in [-0.2, 0) is 0 Å². The summed E-state index contributed by atoms with van der Waals surface area (Å²) in [6.07, 6.45) is 13.4. The molecular formula is C16H12S10. The maximum atomic E-state index is 2.29. The fourth-order valence-electron chi connectivity index (χ4n) is 1.92. The van der Waals surface area contributed by atoms with Gasteiger partial charge in [0.15, 0.2) is 0 Å². The van der Waals surface area contributed by atoms with Crippen molar-refractivity contribution in [3.63, 3.8) is 0 Å². The van der Waals surface area contributed by atoms with Gasteiger partial charge in [-0.05, 0) is 47.6 Å². The first-order valence-electron chi connectivity index (χ1n) is 7.21. The number of hydrogen-bond acceptors (Lipinski definition) is 10. The van der Waals surface area contributed by atoms with Gasteiger partial charge in [0.1, 0.15) is 0 Å². The van der Waals surface area contributed by atoms with E-state index in [0.717, 1.165) is 0 Å². The van der Waals surface area contributed by atoms with E-state index in [-0.39, 0.29) is 0 Å². The van der Waals surface area contributed by atoms with Crippen molar-refractivity contribution in [2.45, 2.75) is 0 Å². The molecule has 4 aliphatic rings. The van der Waals surface area contributed by atoms with Crippen LogP contribution in [0.4, 0.5) is 0 Å². The van der Waals surface area contributed by atoms with Crippen LogP contribution < -0.4 is 0 Å². The molecule has 0 saturated carbocycles. The van der Waals surface area contributed by atoms with E-state index in [0.29, 0.717) is 0 Å². The molecule has 0 aliphatic carbocycles. The molecular weight excluding hydrogens is 513 g/mol. The Bertz CT molecular complexity index is 774. The van der Waals surface area contributed by atoms with E-state index in [9.17, 15) is 0 Å². The van der Waals surface area contributed by atoms with Crippen LogP contribution in [0.1, 0.15) is 0 Å². The topological polar surface area (TPSA) is 0 Å². The zero-order chi connectivity index (χ0) is 17.9. The Morgan fingerprint density at radius 3 is 1.38 bits per heavy atom. The Hall–Kier alpha value is 1.68. The lowest BCUT2D eigenvalue weighted by Gasteiger charge is -2.01. The van der Waals surface area contributed by atoms with Crippen LogP contribution in [0.3, 0.4) is 0 Å². The summed E-state index contributed by atoms with van der Waals surface area (Å²) in [5.41, 5.74) is 0. The Morgan fingerprint density at radius 2 is 0.962 bits per heavy atom. The quantitative estimate of drug-likeness (QED) is 0.347. The van der Waals surface area contributed by atoms with Gasteiger partial charge in [-0.25, -0.2) is 0 Å². The first kappa shape index (κ1) is 20.9. The molecule has 10 heteroatoms. The SMILES string of the molecule is CSC1=C(SC)SC(=CC=C2SC3=C(SC(=CC=C4SC=CS4)S3)S2)S1. The standard InChI is InChI=1S/C16H12S10/c1-17-13-14(18-2)22-10(21-13)5-6-12-25-15-16(26-12)24-11(23-15)4-3-9-19-7-8-20-9/h3-8H,1-2H3. The molecule has 0 saturated heterocycles. The van der Waals surface area contributed by atoms with Crippen molar-refractivity contribution in [3.8, 4) is 0 Å². The molecule has 0 N–H and O–H groups in total. The summed E-state index contributed by atoms with van der Waals surface area (Å²) >= 11 is 18.8. The van der Waals surface area contributed by atoms with Crippen molar-refractivity contribution < 1.29 is 0 Å². The second kappa shape index (κ2) is 10.1. The molecule has 26 heavy (non-hydrogen) atoms. The van der Waals surface area contributed by atoms with Gasteiger partial charge in [-0.15, -0.1) is 23.5 Å². The summed E-state index contributed by atoms with van der Waals surface area (Å²) in [5, 5.41) is 4.28. The summed E-state index contributed by atoms with van der Waals surface area (Å²) in [6, 6.07) is 0. The van der Waals surface area contributed by atoms with E-state index < -0.39 is 0 Å². The Balaban J connectivity index is 1.33. The highest BCUT2D eigenvalue weighted by molar-refractivity contribution is 8.48. The third kappa shape index (κ3) is 5.23. The van der Waals surface area contributed by atoms with E-state index in [2.05, 4.69) is 47.6 Å². The second-order valence-electron chi connectivity index (χ2n) is 4.62. The average molecular weight is 525 g/mol. The van der Waals surface area contributed by atoms with Crippen molar-refractivity contribution in [2.24, 2.45) is 0 Å². The van der Waals surface area contributed by atoms with Crippen molar-refractivity contribution in [2.75, 3.05) is 12.5 Å². The molecule has 0 radical (unpaired) electrons. The highest BCUT2D eigenvalue weighted by atomic mass is 32.3. The molecule has 0 atom stereocenters. The highest BCUT2D eigenvalue weighted by Gasteiger charge is 2.29. The molecule has 4 heterocycles. The summed E-state index contributed by atoms with van der Waals surface area (Å²) in [6.45, 7) is 0. The first-order chi connectivity index (χ1) is 12.7. The fraction of sp³-hybridized carbons (Fsp3) is 0.125. The van der Waals surface area contributed by atoms with Gasteiger partial charge < -0.3 is 0 Å². The fourth-order valence-corrected chi connectivity index (χ4v) is 14.3. The van der Waals surface area contributed by atoms with Gasteiger partial charge >= 0.3 is 0 Å². The number of rotatable bonds is 4. The average Bonchev–Trinajstić information content (AvgIpc) is 3.40. The van der Waals surface area contributed by atoms with Crippen LogP contribution in [0.5, 0.6) is 0 Å². The van der Waals surface area contributed by atoms with E-state index in [1.807, 2.05) is 94.1 Å². The largest absolute Gasteiger partial charge is 0.121 e. The van der Waals surface area contributed by atoms with E-state index >= 15 is 0 Å². The Labute approximate surface area is 197 Å². The molecule has 0 aromatic rings. The molecule has 0 fully saturated rings. The van der Waals surface area contributed by atoms with Gasteiger partial charge in [0.05, 0.1) is 29.7 Å². The smallest absolute Gasteiger partial charge is 0.0716 e.